The van der Waals surface area contributed by atoms with Gasteiger partial charge < -0.3 is 9.80 Å². The van der Waals surface area contributed by atoms with E-state index < -0.39 is 0 Å². The minimum Gasteiger partial charge on any atom is -0.308 e. The topological polar surface area (TPSA) is 9.72 Å². The average Bonchev–Trinajstić information content (AvgIpc) is 3.02. The molecule has 3 rings (SSSR count). The van der Waals surface area contributed by atoms with Gasteiger partial charge in [0.05, 0.1) is 0 Å². The molecule has 1 saturated carbocycles. The molecule has 0 bridgehead atoms. The molecule has 2 fully saturated rings. The summed E-state index contributed by atoms with van der Waals surface area (Å²) < 4.78 is 0. The van der Waals surface area contributed by atoms with Gasteiger partial charge in [0.15, 0.2) is 0 Å². The second-order valence-corrected chi connectivity index (χ2v) is 8.32. The van der Waals surface area contributed by atoms with Gasteiger partial charge in [-0.25, -0.2) is 0 Å². The Hall–Kier alpha value is -0.900. The molecule has 3 heteroatoms. The summed E-state index contributed by atoms with van der Waals surface area (Å²) in [6, 6.07) is 9.51. The van der Waals surface area contributed by atoms with Crippen molar-refractivity contribution < 1.29 is 0 Å². The smallest absolute Gasteiger partial charge is 0.0233 e. The first-order valence-corrected chi connectivity index (χ1v) is 9.74. The third-order valence-corrected chi connectivity index (χ3v) is 5.79. The van der Waals surface area contributed by atoms with Crippen molar-refractivity contribution in [1.29, 1.82) is 0 Å². The predicted octanol–water partition coefficient (Wildman–Crippen LogP) is 3.27. The Morgan fingerprint density at radius 1 is 0.958 bits per heavy atom. The highest BCUT2D eigenvalue weighted by atomic mass is 15.1. The maximum absolute atomic E-state index is 2.58. The lowest BCUT2D eigenvalue weighted by molar-refractivity contribution is 0.172. The third-order valence-electron chi connectivity index (χ3n) is 5.79. The van der Waals surface area contributed by atoms with Crippen LogP contribution in [0.3, 0.4) is 0 Å². The number of likely N-dealkylation sites (tertiary alicyclic amines) is 1. The molecule has 24 heavy (non-hydrogen) atoms. The van der Waals surface area contributed by atoms with E-state index in [1.807, 2.05) is 0 Å². The van der Waals surface area contributed by atoms with E-state index in [9.17, 15) is 0 Å². The molecule has 1 aliphatic carbocycles. The first-order valence-electron chi connectivity index (χ1n) is 9.74. The van der Waals surface area contributed by atoms with Crippen LogP contribution in [0.4, 0.5) is 0 Å². The average molecular weight is 330 g/mol. The highest BCUT2D eigenvalue weighted by molar-refractivity contribution is 5.27. The maximum Gasteiger partial charge on any atom is 0.0233 e. The fourth-order valence-corrected chi connectivity index (χ4v) is 4.15. The van der Waals surface area contributed by atoms with Crippen molar-refractivity contribution in [2.45, 2.75) is 38.1 Å². The number of benzene rings is 1. The van der Waals surface area contributed by atoms with Crippen LogP contribution in [-0.2, 0) is 6.54 Å². The van der Waals surface area contributed by atoms with Gasteiger partial charge in [0.25, 0.3) is 0 Å². The summed E-state index contributed by atoms with van der Waals surface area (Å²) in [5.74, 6) is 1.70. The van der Waals surface area contributed by atoms with Gasteiger partial charge in [-0.05, 0) is 82.9 Å². The molecule has 0 amide bonds. The highest BCUT2D eigenvalue weighted by Crippen LogP contribution is 2.41. The Labute approximate surface area is 148 Å². The van der Waals surface area contributed by atoms with Crippen molar-refractivity contribution in [2.75, 3.05) is 53.9 Å². The number of hydrogen-bond donors (Lipinski definition) is 0. The third kappa shape index (κ3) is 5.05. The van der Waals surface area contributed by atoms with E-state index in [2.05, 4.69) is 60.1 Å². The molecule has 134 valence electrons. The van der Waals surface area contributed by atoms with Gasteiger partial charge in [0, 0.05) is 26.2 Å². The van der Waals surface area contributed by atoms with E-state index in [0.29, 0.717) is 0 Å². The summed E-state index contributed by atoms with van der Waals surface area (Å²) in [7, 11) is 6.57. The molecular weight excluding hydrogens is 294 g/mol. The summed E-state index contributed by atoms with van der Waals surface area (Å²) >= 11 is 0. The maximum atomic E-state index is 2.58. The number of likely N-dealkylation sites (N-methyl/N-ethyl adjacent to an activating group) is 2. The lowest BCUT2D eigenvalue weighted by Gasteiger charge is -2.38. The molecule has 0 atom stereocenters. The van der Waals surface area contributed by atoms with Crippen LogP contribution < -0.4 is 0 Å². The summed E-state index contributed by atoms with van der Waals surface area (Å²) in [4.78, 5) is 7.35. The van der Waals surface area contributed by atoms with Gasteiger partial charge >= 0.3 is 0 Å². The minimum absolute atomic E-state index is 0.804. The normalized spacial score (nSPS) is 24.7. The van der Waals surface area contributed by atoms with Crippen molar-refractivity contribution >= 4 is 0 Å². The molecular formula is C21H35N3. The van der Waals surface area contributed by atoms with E-state index in [-0.39, 0.29) is 0 Å². The predicted molar refractivity (Wildman–Crippen MR) is 102 cm³/mol. The van der Waals surface area contributed by atoms with Gasteiger partial charge in [-0.1, -0.05) is 24.3 Å². The van der Waals surface area contributed by atoms with Gasteiger partial charge in [-0.15, -0.1) is 0 Å². The summed E-state index contributed by atoms with van der Waals surface area (Å²) in [5, 5.41) is 0. The molecule has 2 aliphatic rings. The Bertz CT molecular complexity index is 484. The standard InChI is InChI=1S/C21H35N3/c1-22(2)12-13-23(3)16-19-14-21(15-19)20-8-6-18(7-9-20)17-24-10-4-5-11-24/h6-9,19,21H,4-5,10-17H2,1-3H3/t19-,21-. The lowest BCUT2D eigenvalue weighted by Crippen LogP contribution is -2.36. The molecule has 1 heterocycles. The van der Waals surface area contributed by atoms with E-state index in [0.717, 1.165) is 24.9 Å². The lowest BCUT2D eigenvalue weighted by atomic mass is 9.71. The van der Waals surface area contributed by atoms with Crippen LogP contribution in [0, 0.1) is 5.92 Å². The van der Waals surface area contributed by atoms with Crippen molar-refractivity contribution in [1.82, 2.24) is 14.7 Å². The first-order chi connectivity index (χ1) is 11.6. The summed E-state index contributed by atoms with van der Waals surface area (Å²) in [5.41, 5.74) is 3.05. The second kappa shape index (κ2) is 8.46. The molecule has 0 spiro atoms. The number of nitrogens with zero attached hydrogens (tertiary/aromatic N) is 3. The Morgan fingerprint density at radius 3 is 2.25 bits per heavy atom. The molecule has 0 N–H and O–H groups in total. The zero-order chi connectivity index (χ0) is 16.9. The summed E-state index contributed by atoms with van der Waals surface area (Å²) in [6.45, 7) is 7.31. The molecule has 1 aliphatic heterocycles. The molecule has 3 nitrogen and oxygen atoms in total. The zero-order valence-corrected chi connectivity index (χ0v) is 15.9. The molecule has 0 aromatic heterocycles. The van der Waals surface area contributed by atoms with Crippen LogP contribution in [0.25, 0.3) is 0 Å². The van der Waals surface area contributed by atoms with Crippen molar-refractivity contribution in [2.24, 2.45) is 5.92 Å². The van der Waals surface area contributed by atoms with Crippen LogP contribution in [0.15, 0.2) is 24.3 Å². The van der Waals surface area contributed by atoms with Gasteiger partial charge in [-0.2, -0.15) is 0 Å². The van der Waals surface area contributed by atoms with Crippen molar-refractivity contribution in [3.05, 3.63) is 35.4 Å². The zero-order valence-electron chi connectivity index (χ0n) is 15.9. The van der Waals surface area contributed by atoms with E-state index >= 15 is 0 Å². The van der Waals surface area contributed by atoms with E-state index in [1.54, 1.807) is 5.56 Å². The molecule has 0 unspecified atom stereocenters. The van der Waals surface area contributed by atoms with Gasteiger partial charge in [0.2, 0.25) is 0 Å². The van der Waals surface area contributed by atoms with Crippen LogP contribution in [0.5, 0.6) is 0 Å². The van der Waals surface area contributed by atoms with Gasteiger partial charge in [-0.3, -0.25) is 4.90 Å². The fraction of sp³-hybridized carbons (Fsp3) is 0.714. The van der Waals surface area contributed by atoms with Crippen molar-refractivity contribution in [3.63, 3.8) is 0 Å². The molecule has 1 saturated heterocycles. The van der Waals surface area contributed by atoms with Crippen LogP contribution in [0.1, 0.15) is 42.7 Å². The fourth-order valence-electron chi connectivity index (χ4n) is 4.15. The molecule has 1 aromatic carbocycles. The summed E-state index contributed by atoms with van der Waals surface area (Å²) in [6.07, 6.45) is 5.50. The van der Waals surface area contributed by atoms with E-state index in [1.165, 1.54) is 57.4 Å². The Balaban J connectivity index is 1.39. The van der Waals surface area contributed by atoms with Crippen LogP contribution >= 0.6 is 0 Å². The monoisotopic (exact) mass is 329 g/mol. The highest BCUT2D eigenvalue weighted by Gasteiger charge is 2.30. The van der Waals surface area contributed by atoms with E-state index in [4.69, 9.17) is 0 Å². The van der Waals surface area contributed by atoms with Crippen LogP contribution in [-0.4, -0.2) is 68.6 Å². The second-order valence-electron chi connectivity index (χ2n) is 8.32. The van der Waals surface area contributed by atoms with Gasteiger partial charge in [0.1, 0.15) is 0 Å². The SMILES string of the molecule is CN(C)CCN(C)C[C@H]1C[C@H](c2ccc(CN3CCCC3)cc2)C1. The van der Waals surface area contributed by atoms with Crippen molar-refractivity contribution in [3.8, 4) is 0 Å². The Kier molecular flexibility index (Phi) is 6.31. The minimum atomic E-state index is 0.804. The Morgan fingerprint density at radius 2 is 1.62 bits per heavy atom. The molecule has 1 aromatic rings. The number of rotatable bonds is 8. The first kappa shape index (κ1) is 17.9. The molecule has 0 radical (unpaired) electrons. The van der Waals surface area contributed by atoms with Crippen LogP contribution in [0.2, 0.25) is 0 Å². The largest absolute Gasteiger partial charge is 0.308 e. The quantitative estimate of drug-likeness (QED) is 0.725. The number of hydrogen-bond acceptors (Lipinski definition) is 3.